The van der Waals surface area contributed by atoms with Gasteiger partial charge in [-0.15, -0.1) is 0 Å². The van der Waals surface area contributed by atoms with Crippen molar-refractivity contribution in [3.05, 3.63) is 83.2 Å². The topological polar surface area (TPSA) is 47.4 Å². The summed E-state index contributed by atoms with van der Waals surface area (Å²) in [6, 6.07) is 20.0. The molecule has 0 bridgehead atoms. The van der Waals surface area contributed by atoms with Crippen LogP contribution in [0.4, 0.5) is 0 Å². The van der Waals surface area contributed by atoms with Gasteiger partial charge in [0.2, 0.25) is 0 Å². The summed E-state index contributed by atoms with van der Waals surface area (Å²) in [6.45, 7) is 6.11. The normalized spacial score (nSPS) is 14.9. The molecule has 0 N–H and O–H groups in total. The molecule has 2 aromatic carbocycles. The minimum atomic E-state index is 0.0893. The van der Waals surface area contributed by atoms with Crippen LogP contribution < -0.4 is 0 Å². The fourth-order valence-electron chi connectivity index (χ4n) is 3.83. The minimum Gasteiger partial charge on any atom is -0.373 e. The van der Waals surface area contributed by atoms with Crippen molar-refractivity contribution >= 4 is 5.91 Å². The van der Waals surface area contributed by atoms with E-state index in [1.165, 1.54) is 5.56 Å². The summed E-state index contributed by atoms with van der Waals surface area (Å²) in [5.41, 5.74) is 4.95. The van der Waals surface area contributed by atoms with Crippen molar-refractivity contribution < 1.29 is 9.53 Å². The van der Waals surface area contributed by atoms with Gasteiger partial charge < -0.3 is 9.64 Å². The van der Waals surface area contributed by atoms with Gasteiger partial charge >= 0.3 is 0 Å². The first-order chi connectivity index (χ1) is 14.1. The van der Waals surface area contributed by atoms with Crippen LogP contribution in [0.25, 0.3) is 5.69 Å². The van der Waals surface area contributed by atoms with Crippen molar-refractivity contribution in [2.45, 2.75) is 39.4 Å². The summed E-state index contributed by atoms with van der Waals surface area (Å²) < 4.78 is 7.93. The fraction of sp³-hybridized carbons (Fsp3) is 0.333. The highest BCUT2D eigenvalue weighted by molar-refractivity contribution is 5.94. The quantitative estimate of drug-likeness (QED) is 0.653. The van der Waals surface area contributed by atoms with E-state index in [9.17, 15) is 4.79 Å². The van der Waals surface area contributed by atoms with Gasteiger partial charge in [-0.1, -0.05) is 30.3 Å². The molecule has 1 amide bonds. The first-order valence-electron chi connectivity index (χ1n) is 10.2. The number of amides is 1. The Labute approximate surface area is 171 Å². The molecule has 0 saturated carbocycles. The van der Waals surface area contributed by atoms with Gasteiger partial charge in [0.1, 0.15) is 0 Å². The second-order valence-corrected chi connectivity index (χ2v) is 7.67. The van der Waals surface area contributed by atoms with Gasteiger partial charge in [-0.3, -0.25) is 4.79 Å². The number of aromatic nitrogens is 2. The predicted octanol–water partition coefficient (Wildman–Crippen LogP) is 4.31. The third kappa shape index (κ3) is 4.57. The van der Waals surface area contributed by atoms with Crippen molar-refractivity contribution in [1.29, 1.82) is 0 Å². The number of carbonyl (C=O) groups is 1. The highest BCUT2D eigenvalue weighted by Gasteiger charge is 2.24. The molecule has 1 saturated heterocycles. The minimum absolute atomic E-state index is 0.0893. The van der Waals surface area contributed by atoms with E-state index < -0.39 is 0 Å². The summed E-state index contributed by atoms with van der Waals surface area (Å²) in [6.07, 6.45) is 1.97. The molecule has 3 aromatic rings. The number of likely N-dealkylation sites (tertiary alicyclic amines) is 1. The zero-order valence-electron chi connectivity index (χ0n) is 17.0. The lowest BCUT2D eigenvalue weighted by molar-refractivity contribution is -0.000379. The molecule has 1 aliphatic heterocycles. The molecule has 150 valence electrons. The summed E-state index contributed by atoms with van der Waals surface area (Å²) in [5, 5.41) is 4.50. The van der Waals surface area contributed by atoms with Gasteiger partial charge in [-0.05, 0) is 62.6 Å². The number of nitrogens with zero attached hydrogens (tertiary/aromatic N) is 3. The first kappa shape index (κ1) is 19.4. The van der Waals surface area contributed by atoms with E-state index in [2.05, 4.69) is 17.2 Å². The van der Waals surface area contributed by atoms with Crippen molar-refractivity contribution in [3.8, 4) is 5.69 Å². The summed E-state index contributed by atoms with van der Waals surface area (Å²) in [5.74, 6) is 0.0893. The van der Waals surface area contributed by atoms with E-state index in [-0.39, 0.29) is 12.0 Å². The maximum atomic E-state index is 12.9. The van der Waals surface area contributed by atoms with E-state index in [0.717, 1.165) is 48.6 Å². The number of hydrogen-bond acceptors (Lipinski definition) is 3. The molecule has 0 aliphatic carbocycles. The van der Waals surface area contributed by atoms with E-state index in [0.29, 0.717) is 6.61 Å². The molecule has 29 heavy (non-hydrogen) atoms. The predicted molar refractivity (Wildman–Crippen MR) is 113 cm³/mol. The summed E-state index contributed by atoms with van der Waals surface area (Å²) in [7, 11) is 0. The van der Waals surface area contributed by atoms with Gasteiger partial charge in [0.05, 0.1) is 24.1 Å². The average molecular weight is 389 g/mol. The monoisotopic (exact) mass is 389 g/mol. The molecule has 4 rings (SSSR count). The molecule has 0 radical (unpaired) electrons. The Morgan fingerprint density at radius 3 is 2.34 bits per heavy atom. The lowest BCUT2D eigenvalue weighted by Crippen LogP contribution is -2.40. The molecule has 1 aromatic heterocycles. The largest absolute Gasteiger partial charge is 0.373 e. The zero-order chi connectivity index (χ0) is 20.2. The number of aryl methyl sites for hydroxylation is 2. The zero-order valence-corrected chi connectivity index (χ0v) is 17.0. The lowest BCUT2D eigenvalue weighted by atomic mass is 10.1. The number of ether oxygens (including phenoxy) is 1. The molecular weight excluding hydrogens is 362 g/mol. The van der Waals surface area contributed by atoms with Gasteiger partial charge in [-0.2, -0.15) is 5.10 Å². The van der Waals surface area contributed by atoms with Crippen LogP contribution in [0.1, 0.15) is 40.2 Å². The summed E-state index contributed by atoms with van der Waals surface area (Å²) in [4.78, 5) is 14.8. The van der Waals surface area contributed by atoms with E-state index in [1.807, 2.05) is 72.0 Å². The van der Waals surface area contributed by atoms with E-state index in [4.69, 9.17) is 4.74 Å². The molecule has 1 fully saturated rings. The van der Waals surface area contributed by atoms with Crippen LogP contribution in [-0.4, -0.2) is 39.8 Å². The number of benzene rings is 2. The van der Waals surface area contributed by atoms with E-state index in [1.54, 1.807) is 0 Å². The Hall–Kier alpha value is -2.92. The summed E-state index contributed by atoms with van der Waals surface area (Å²) >= 11 is 0. The van der Waals surface area contributed by atoms with Gasteiger partial charge in [-0.25, -0.2) is 4.68 Å². The number of rotatable bonds is 5. The molecular formula is C24H27N3O2. The maximum absolute atomic E-state index is 12.9. The third-order valence-electron chi connectivity index (χ3n) is 5.43. The van der Waals surface area contributed by atoms with Crippen LogP contribution in [0.3, 0.4) is 0 Å². The van der Waals surface area contributed by atoms with Crippen molar-refractivity contribution in [3.63, 3.8) is 0 Å². The van der Waals surface area contributed by atoms with Crippen molar-refractivity contribution in [2.24, 2.45) is 0 Å². The van der Waals surface area contributed by atoms with Crippen LogP contribution in [0, 0.1) is 13.8 Å². The first-order valence-corrected chi connectivity index (χ1v) is 10.2. The molecule has 1 aliphatic rings. The maximum Gasteiger partial charge on any atom is 0.253 e. The lowest BCUT2D eigenvalue weighted by Gasteiger charge is -2.32. The second-order valence-electron chi connectivity index (χ2n) is 7.67. The molecule has 5 nitrogen and oxygen atoms in total. The SMILES string of the molecule is Cc1cc(C)n(-c2ccc(C(=O)N3CCC(OCc4ccccc4)CC3)cc2)n1. The van der Waals surface area contributed by atoms with Crippen molar-refractivity contribution in [2.75, 3.05) is 13.1 Å². The van der Waals surface area contributed by atoms with Gasteiger partial charge in [0, 0.05) is 24.3 Å². The third-order valence-corrected chi connectivity index (χ3v) is 5.43. The molecule has 0 spiro atoms. The Bertz CT molecular complexity index is 956. The van der Waals surface area contributed by atoms with Crippen LogP contribution in [0.5, 0.6) is 0 Å². The van der Waals surface area contributed by atoms with E-state index >= 15 is 0 Å². The number of carbonyl (C=O) groups excluding carboxylic acids is 1. The Morgan fingerprint density at radius 2 is 1.72 bits per heavy atom. The van der Waals surface area contributed by atoms with Crippen molar-refractivity contribution in [1.82, 2.24) is 14.7 Å². The fourth-order valence-corrected chi connectivity index (χ4v) is 3.83. The van der Waals surface area contributed by atoms with Gasteiger partial charge in [0.25, 0.3) is 5.91 Å². The smallest absolute Gasteiger partial charge is 0.253 e. The van der Waals surface area contributed by atoms with Crippen LogP contribution >= 0.6 is 0 Å². The van der Waals surface area contributed by atoms with Crippen LogP contribution in [0.2, 0.25) is 0 Å². The molecule has 0 unspecified atom stereocenters. The number of piperidine rings is 1. The molecule has 2 heterocycles. The standard InChI is InChI=1S/C24H27N3O2/c1-18-16-19(2)27(25-18)22-10-8-21(9-11-22)24(28)26-14-12-23(13-15-26)29-17-20-6-4-3-5-7-20/h3-11,16,23H,12-15,17H2,1-2H3. The number of hydrogen-bond donors (Lipinski definition) is 0. The average Bonchev–Trinajstić information content (AvgIpc) is 3.11. The van der Waals surface area contributed by atoms with Crippen LogP contribution in [0.15, 0.2) is 60.7 Å². The Kier molecular flexibility index (Phi) is 5.76. The highest BCUT2D eigenvalue weighted by atomic mass is 16.5. The molecule has 0 atom stereocenters. The van der Waals surface area contributed by atoms with Gasteiger partial charge in [0.15, 0.2) is 0 Å². The Morgan fingerprint density at radius 1 is 1.03 bits per heavy atom. The van der Waals surface area contributed by atoms with Crippen LogP contribution in [-0.2, 0) is 11.3 Å². The molecule has 5 heteroatoms. The Balaban J connectivity index is 1.32. The highest BCUT2D eigenvalue weighted by Crippen LogP contribution is 2.19. The second kappa shape index (κ2) is 8.62.